The molecule has 0 aliphatic heterocycles. The number of benzene rings is 1. The molecule has 128 valence electrons. The number of nitriles is 1. The van der Waals surface area contributed by atoms with Crippen molar-refractivity contribution in [2.45, 2.75) is 56.8 Å². The van der Waals surface area contributed by atoms with Crippen LogP contribution in [0.3, 0.4) is 0 Å². The van der Waals surface area contributed by atoms with Gasteiger partial charge in [-0.2, -0.15) is 5.26 Å². The maximum atomic E-state index is 13.3. The Labute approximate surface area is 152 Å². The summed E-state index contributed by atoms with van der Waals surface area (Å²) >= 11 is 1.61. The molecular weight excluding hydrogens is 328 g/mol. The Morgan fingerprint density at radius 1 is 1.08 bits per heavy atom. The molecule has 3 nitrogen and oxygen atoms in total. The van der Waals surface area contributed by atoms with Crippen molar-refractivity contribution >= 4 is 22.2 Å². The number of thiophene rings is 1. The van der Waals surface area contributed by atoms with E-state index in [1.54, 1.807) is 11.3 Å². The van der Waals surface area contributed by atoms with E-state index in [4.69, 9.17) is 0 Å². The second kappa shape index (κ2) is 6.65. The van der Waals surface area contributed by atoms with Crippen molar-refractivity contribution in [1.82, 2.24) is 0 Å². The van der Waals surface area contributed by atoms with E-state index in [1.165, 1.54) is 16.9 Å². The summed E-state index contributed by atoms with van der Waals surface area (Å²) in [5, 5.41) is 13.6. The summed E-state index contributed by atoms with van der Waals surface area (Å²) in [6.07, 6.45) is 8.25. The van der Waals surface area contributed by atoms with Crippen LogP contribution in [-0.2, 0) is 23.1 Å². The van der Waals surface area contributed by atoms with Gasteiger partial charge in [-0.05, 0) is 49.7 Å². The van der Waals surface area contributed by atoms with Gasteiger partial charge in [0.1, 0.15) is 11.1 Å². The van der Waals surface area contributed by atoms with Crippen molar-refractivity contribution in [3.8, 4) is 6.07 Å². The summed E-state index contributed by atoms with van der Waals surface area (Å²) in [5.41, 5.74) is 2.53. The highest BCUT2D eigenvalue weighted by Crippen LogP contribution is 2.44. The average Bonchev–Trinajstić information content (AvgIpc) is 3.27. The summed E-state index contributed by atoms with van der Waals surface area (Å²) in [7, 11) is 0. The van der Waals surface area contributed by atoms with Crippen molar-refractivity contribution in [2.75, 3.05) is 5.32 Å². The van der Waals surface area contributed by atoms with E-state index in [9.17, 15) is 10.1 Å². The maximum absolute atomic E-state index is 13.3. The highest BCUT2D eigenvalue weighted by atomic mass is 32.1. The predicted octanol–water partition coefficient (Wildman–Crippen LogP) is 4.95. The molecule has 1 saturated carbocycles. The lowest BCUT2D eigenvalue weighted by Gasteiger charge is -2.28. The molecule has 0 atom stereocenters. The fourth-order valence-electron chi connectivity index (χ4n) is 4.38. The van der Waals surface area contributed by atoms with Crippen molar-refractivity contribution in [3.05, 3.63) is 51.9 Å². The monoisotopic (exact) mass is 350 g/mol. The minimum Gasteiger partial charge on any atom is -0.316 e. The fourth-order valence-corrected chi connectivity index (χ4v) is 5.61. The van der Waals surface area contributed by atoms with E-state index in [0.29, 0.717) is 5.56 Å². The molecule has 1 fully saturated rings. The van der Waals surface area contributed by atoms with Gasteiger partial charge in [0.05, 0.1) is 11.0 Å². The standard InChI is InChI=1S/C21H22N2OS/c22-14-17-16-10-4-5-11-18(16)25-19(17)23-20(24)21(12-6-7-13-21)15-8-2-1-3-9-15/h1-3,8-9H,4-7,10-13H2,(H,23,24). The molecule has 0 radical (unpaired) electrons. The molecule has 1 N–H and O–H groups in total. The first-order valence-electron chi connectivity index (χ1n) is 9.16. The Morgan fingerprint density at radius 3 is 2.52 bits per heavy atom. The average molecular weight is 350 g/mol. The van der Waals surface area contributed by atoms with E-state index in [-0.39, 0.29) is 5.91 Å². The smallest absolute Gasteiger partial charge is 0.235 e. The van der Waals surface area contributed by atoms with Gasteiger partial charge in [0, 0.05) is 4.88 Å². The number of hydrogen-bond acceptors (Lipinski definition) is 3. The molecule has 4 rings (SSSR count). The predicted molar refractivity (Wildman–Crippen MR) is 101 cm³/mol. The van der Waals surface area contributed by atoms with Gasteiger partial charge in [0.2, 0.25) is 5.91 Å². The van der Waals surface area contributed by atoms with Crippen LogP contribution in [0.1, 0.15) is 60.1 Å². The number of carbonyl (C=O) groups is 1. The third-order valence-corrected chi connectivity index (χ3v) is 6.94. The van der Waals surface area contributed by atoms with Crippen molar-refractivity contribution in [2.24, 2.45) is 0 Å². The quantitative estimate of drug-likeness (QED) is 0.851. The Bertz CT molecular complexity index is 826. The van der Waals surface area contributed by atoms with E-state index in [1.807, 2.05) is 18.2 Å². The van der Waals surface area contributed by atoms with E-state index in [0.717, 1.165) is 55.5 Å². The zero-order valence-corrected chi connectivity index (χ0v) is 15.1. The third kappa shape index (κ3) is 2.77. The Balaban J connectivity index is 1.67. The number of nitrogens with one attached hydrogen (secondary N) is 1. The molecule has 0 bridgehead atoms. The normalized spacial score (nSPS) is 18.4. The minimum atomic E-state index is -0.446. The van der Waals surface area contributed by atoms with Crippen molar-refractivity contribution in [1.29, 1.82) is 5.26 Å². The molecule has 1 aromatic heterocycles. The highest BCUT2D eigenvalue weighted by Gasteiger charge is 2.43. The van der Waals surface area contributed by atoms with Gasteiger partial charge in [0.15, 0.2) is 0 Å². The Hall–Kier alpha value is -2.12. The zero-order chi connectivity index (χ0) is 17.3. The van der Waals surface area contributed by atoms with Crippen LogP contribution in [0.4, 0.5) is 5.00 Å². The number of aryl methyl sites for hydroxylation is 1. The van der Waals surface area contributed by atoms with Gasteiger partial charge in [-0.15, -0.1) is 11.3 Å². The molecule has 1 aromatic carbocycles. The largest absolute Gasteiger partial charge is 0.316 e. The first kappa shape index (κ1) is 16.4. The van der Waals surface area contributed by atoms with Gasteiger partial charge >= 0.3 is 0 Å². The first-order chi connectivity index (χ1) is 12.2. The van der Waals surface area contributed by atoms with Gasteiger partial charge in [-0.25, -0.2) is 0 Å². The SMILES string of the molecule is N#Cc1c(NC(=O)C2(c3ccccc3)CCCC2)sc2c1CCCC2. The number of hydrogen-bond donors (Lipinski definition) is 1. The van der Waals surface area contributed by atoms with E-state index >= 15 is 0 Å². The number of anilines is 1. The molecule has 1 amide bonds. The van der Waals surface area contributed by atoms with Crippen LogP contribution in [-0.4, -0.2) is 5.91 Å². The summed E-state index contributed by atoms with van der Waals surface area (Å²) in [6.45, 7) is 0. The summed E-state index contributed by atoms with van der Waals surface area (Å²) in [5.74, 6) is 0.0614. The number of amides is 1. The topological polar surface area (TPSA) is 52.9 Å². The molecule has 2 aromatic rings. The molecule has 2 aliphatic carbocycles. The van der Waals surface area contributed by atoms with Crippen LogP contribution in [0.25, 0.3) is 0 Å². The first-order valence-corrected chi connectivity index (χ1v) is 9.98. The molecular formula is C21H22N2OS. The van der Waals surface area contributed by atoms with Crippen LogP contribution >= 0.6 is 11.3 Å². The maximum Gasteiger partial charge on any atom is 0.235 e. The molecule has 2 aliphatic rings. The molecule has 25 heavy (non-hydrogen) atoms. The fraction of sp³-hybridized carbons (Fsp3) is 0.429. The van der Waals surface area contributed by atoms with Crippen LogP contribution in [0.15, 0.2) is 30.3 Å². The van der Waals surface area contributed by atoms with Crippen molar-refractivity contribution in [3.63, 3.8) is 0 Å². The molecule has 1 heterocycles. The van der Waals surface area contributed by atoms with Crippen LogP contribution in [0, 0.1) is 11.3 Å². The van der Waals surface area contributed by atoms with Crippen LogP contribution < -0.4 is 5.32 Å². The van der Waals surface area contributed by atoms with Gasteiger partial charge in [-0.3, -0.25) is 4.79 Å². The third-order valence-electron chi connectivity index (χ3n) is 5.73. The lowest BCUT2D eigenvalue weighted by atomic mass is 9.78. The van der Waals surface area contributed by atoms with Gasteiger partial charge < -0.3 is 5.32 Å². The van der Waals surface area contributed by atoms with Crippen LogP contribution in [0.2, 0.25) is 0 Å². The Kier molecular flexibility index (Phi) is 4.35. The molecule has 4 heteroatoms. The second-order valence-electron chi connectivity index (χ2n) is 7.14. The molecule has 0 unspecified atom stereocenters. The summed E-state index contributed by atoms with van der Waals surface area (Å²) < 4.78 is 0. The van der Waals surface area contributed by atoms with Crippen LogP contribution in [0.5, 0.6) is 0 Å². The summed E-state index contributed by atoms with van der Waals surface area (Å²) in [4.78, 5) is 14.6. The van der Waals surface area contributed by atoms with Gasteiger partial charge in [0.25, 0.3) is 0 Å². The second-order valence-corrected chi connectivity index (χ2v) is 8.24. The number of fused-ring (bicyclic) bond motifs is 1. The summed E-state index contributed by atoms with van der Waals surface area (Å²) in [6, 6.07) is 12.5. The van der Waals surface area contributed by atoms with E-state index < -0.39 is 5.41 Å². The lowest BCUT2D eigenvalue weighted by molar-refractivity contribution is -0.121. The highest BCUT2D eigenvalue weighted by molar-refractivity contribution is 7.16. The van der Waals surface area contributed by atoms with E-state index in [2.05, 4.69) is 23.5 Å². The lowest BCUT2D eigenvalue weighted by Crippen LogP contribution is -2.37. The molecule has 0 saturated heterocycles. The van der Waals surface area contributed by atoms with Crippen molar-refractivity contribution < 1.29 is 4.79 Å². The van der Waals surface area contributed by atoms with Gasteiger partial charge in [-0.1, -0.05) is 43.2 Å². The number of nitrogens with zero attached hydrogens (tertiary/aromatic N) is 1. The molecule has 0 spiro atoms. The minimum absolute atomic E-state index is 0.0614. The Morgan fingerprint density at radius 2 is 1.80 bits per heavy atom. The number of carbonyl (C=O) groups excluding carboxylic acids is 1. The zero-order valence-electron chi connectivity index (χ0n) is 14.3. The number of rotatable bonds is 3.